The lowest BCUT2D eigenvalue weighted by molar-refractivity contribution is -0.165. The lowest BCUT2D eigenvalue weighted by Gasteiger charge is -2.51. The van der Waals surface area contributed by atoms with Crippen LogP contribution < -0.4 is 5.32 Å². The van der Waals surface area contributed by atoms with Crippen LogP contribution in [0.25, 0.3) is 0 Å². The highest BCUT2D eigenvalue weighted by molar-refractivity contribution is 8.03. The summed E-state index contributed by atoms with van der Waals surface area (Å²) in [5.41, 5.74) is 1.90. The predicted octanol–water partition coefficient (Wildman–Crippen LogP) is 4.16. The smallest absolute Gasteiger partial charge is 0.419 e. The summed E-state index contributed by atoms with van der Waals surface area (Å²) < 4.78 is 12.8. The molecule has 12 heteroatoms. The first-order chi connectivity index (χ1) is 21.0. The Morgan fingerprint density at radius 3 is 2.33 bits per heavy atom. The highest BCUT2D eigenvalue weighted by Crippen LogP contribution is 2.41. The van der Waals surface area contributed by atoms with E-state index in [2.05, 4.69) is 10.3 Å². The molecule has 1 unspecified atom stereocenters. The standard InChI is InChI=1S/C31H26N4O6S2/c36-24(16-23-12-7-15-42-23)33-25-28(37)35-26(22(18-43-29(25)35)17-40-31(39)34-14-13-32-19-34)30(38)41-27(20-8-3-1-4-9-20)21-10-5-2-6-11-21/h1-15,18-19,25-27,29H,16-17H2,(H,33,36)/t25-,26?,29-/m1/s1. The van der Waals surface area contributed by atoms with Crippen molar-refractivity contribution in [3.05, 3.63) is 124 Å². The highest BCUT2D eigenvalue weighted by Gasteiger charge is 2.56. The summed E-state index contributed by atoms with van der Waals surface area (Å²) in [7, 11) is 0. The first-order valence-electron chi connectivity index (χ1n) is 13.4. The number of carbonyl (C=O) groups is 4. The predicted molar refractivity (Wildman–Crippen MR) is 160 cm³/mol. The second-order valence-electron chi connectivity index (χ2n) is 9.83. The number of thiophene rings is 1. The zero-order valence-electron chi connectivity index (χ0n) is 22.6. The Balaban J connectivity index is 1.24. The number of rotatable bonds is 9. The maximum absolute atomic E-state index is 14.0. The molecule has 2 aliphatic rings. The molecule has 1 fully saturated rings. The maximum atomic E-state index is 14.0. The summed E-state index contributed by atoms with van der Waals surface area (Å²) in [6, 6.07) is 20.4. The molecule has 10 nitrogen and oxygen atoms in total. The molecular weight excluding hydrogens is 588 g/mol. The van der Waals surface area contributed by atoms with Crippen molar-refractivity contribution in [1.82, 2.24) is 19.8 Å². The minimum absolute atomic E-state index is 0.158. The van der Waals surface area contributed by atoms with E-state index in [-0.39, 0.29) is 18.9 Å². The third kappa shape index (κ3) is 6.11. The van der Waals surface area contributed by atoms with Crippen molar-refractivity contribution in [1.29, 1.82) is 0 Å². The lowest BCUT2D eigenvalue weighted by Crippen LogP contribution is -2.74. The van der Waals surface area contributed by atoms with Crippen LogP contribution in [0.15, 0.2) is 108 Å². The van der Waals surface area contributed by atoms with Crippen molar-refractivity contribution in [2.75, 3.05) is 6.61 Å². The van der Waals surface area contributed by atoms with Gasteiger partial charge in [0.2, 0.25) is 11.8 Å². The Kier molecular flexibility index (Phi) is 8.38. The minimum Gasteiger partial charge on any atom is -0.451 e. The van der Waals surface area contributed by atoms with Crippen molar-refractivity contribution in [3.8, 4) is 0 Å². The zero-order chi connectivity index (χ0) is 29.8. The van der Waals surface area contributed by atoms with E-state index in [9.17, 15) is 19.2 Å². The molecule has 0 radical (unpaired) electrons. The van der Waals surface area contributed by atoms with E-state index in [0.29, 0.717) is 5.57 Å². The Hall–Kier alpha value is -4.68. The van der Waals surface area contributed by atoms with Crippen LogP contribution in [0.5, 0.6) is 0 Å². The topological polar surface area (TPSA) is 120 Å². The van der Waals surface area contributed by atoms with Crippen molar-refractivity contribution >= 4 is 47.0 Å². The highest BCUT2D eigenvalue weighted by atomic mass is 32.2. The van der Waals surface area contributed by atoms with Crippen LogP contribution in [0, 0.1) is 0 Å². The van der Waals surface area contributed by atoms with Crippen LogP contribution in [0.2, 0.25) is 0 Å². The molecule has 0 saturated carbocycles. The Morgan fingerprint density at radius 2 is 1.70 bits per heavy atom. The number of fused-ring (bicyclic) bond motifs is 1. The third-order valence-corrected chi connectivity index (χ3v) is 9.13. The van der Waals surface area contributed by atoms with Crippen molar-refractivity contribution in [2.24, 2.45) is 0 Å². The summed E-state index contributed by atoms with van der Waals surface area (Å²) in [5.74, 6) is -1.37. The molecule has 2 amide bonds. The summed E-state index contributed by atoms with van der Waals surface area (Å²) in [6.07, 6.45) is 2.93. The molecule has 0 aliphatic carbocycles. The Labute approximate surface area is 255 Å². The van der Waals surface area contributed by atoms with E-state index >= 15 is 0 Å². The molecule has 4 aromatic rings. The molecule has 2 aromatic heterocycles. The van der Waals surface area contributed by atoms with Gasteiger partial charge in [-0.1, -0.05) is 66.7 Å². The van der Waals surface area contributed by atoms with Gasteiger partial charge in [0.1, 0.15) is 24.3 Å². The van der Waals surface area contributed by atoms with Gasteiger partial charge < -0.3 is 19.7 Å². The normalized spacial score (nSPS) is 19.2. The van der Waals surface area contributed by atoms with Gasteiger partial charge in [-0.2, -0.15) is 0 Å². The molecule has 4 heterocycles. The van der Waals surface area contributed by atoms with Crippen LogP contribution in [-0.2, 0) is 30.3 Å². The van der Waals surface area contributed by atoms with Crippen molar-refractivity contribution in [3.63, 3.8) is 0 Å². The number of thioether (sulfide) groups is 1. The largest absolute Gasteiger partial charge is 0.451 e. The van der Waals surface area contributed by atoms with Crippen LogP contribution in [0.1, 0.15) is 22.1 Å². The molecule has 43 heavy (non-hydrogen) atoms. The van der Waals surface area contributed by atoms with E-state index in [1.54, 1.807) is 5.41 Å². The fraction of sp³-hybridized carbons (Fsp3) is 0.194. The number of amides is 2. The third-order valence-electron chi connectivity index (χ3n) is 7.04. The number of ether oxygens (including phenoxy) is 2. The van der Waals surface area contributed by atoms with Gasteiger partial charge in [0.05, 0.1) is 6.42 Å². The lowest BCUT2D eigenvalue weighted by atomic mass is 9.97. The van der Waals surface area contributed by atoms with Crippen molar-refractivity contribution < 1.29 is 28.7 Å². The number of benzene rings is 2. The monoisotopic (exact) mass is 614 g/mol. The maximum Gasteiger partial charge on any atom is 0.419 e. The Bertz CT molecular complexity index is 1590. The molecule has 1 saturated heterocycles. The van der Waals surface area contributed by atoms with E-state index in [0.717, 1.165) is 16.0 Å². The van der Waals surface area contributed by atoms with Crippen molar-refractivity contribution in [2.45, 2.75) is 30.0 Å². The molecule has 0 spiro atoms. The average molecular weight is 615 g/mol. The van der Waals surface area contributed by atoms with Gasteiger partial charge in [-0.25, -0.2) is 19.1 Å². The molecule has 6 rings (SSSR count). The van der Waals surface area contributed by atoms with Crippen LogP contribution >= 0.6 is 23.1 Å². The molecule has 2 aliphatic heterocycles. The molecule has 2 aromatic carbocycles. The van der Waals surface area contributed by atoms with Crippen LogP contribution in [0.3, 0.4) is 0 Å². The average Bonchev–Trinajstić information content (AvgIpc) is 3.77. The zero-order valence-corrected chi connectivity index (χ0v) is 24.3. The number of hydrogen-bond acceptors (Lipinski definition) is 9. The summed E-state index contributed by atoms with van der Waals surface area (Å²) >= 11 is 2.74. The summed E-state index contributed by atoms with van der Waals surface area (Å²) in [4.78, 5) is 58.9. The SMILES string of the molecule is O=C(Cc1cccs1)N[C@@H]1C(=O)N2C(C(=O)OC(c3ccccc3)c3ccccc3)C(COC(=O)n3ccnc3)=CS[C@H]12. The van der Waals surface area contributed by atoms with Crippen LogP contribution in [0.4, 0.5) is 4.79 Å². The molecular formula is C31H26N4O6S2. The molecule has 3 atom stereocenters. The van der Waals surface area contributed by atoms with Gasteiger partial charge in [-0.15, -0.1) is 23.1 Å². The summed E-state index contributed by atoms with van der Waals surface area (Å²) in [5, 5.41) is 5.88. The molecule has 1 N–H and O–H groups in total. The Morgan fingerprint density at radius 1 is 0.977 bits per heavy atom. The van der Waals surface area contributed by atoms with Crippen LogP contribution in [-0.4, -0.2) is 62.4 Å². The van der Waals surface area contributed by atoms with E-state index in [1.165, 1.54) is 51.3 Å². The fourth-order valence-corrected chi connectivity index (χ4v) is 6.88. The number of carbonyl (C=O) groups excluding carboxylic acids is 4. The quantitative estimate of drug-likeness (QED) is 0.221. The van der Waals surface area contributed by atoms with Gasteiger partial charge in [-0.05, 0) is 28.0 Å². The van der Waals surface area contributed by atoms with E-state index in [4.69, 9.17) is 9.47 Å². The first kappa shape index (κ1) is 28.4. The van der Waals surface area contributed by atoms with Gasteiger partial charge in [0.25, 0.3) is 0 Å². The first-order valence-corrected chi connectivity index (χ1v) is 15.3. The molecule has 0 bridgehead atoms. The second kappa shape index (κ2) is 12.7. The number of nitrogens with zero attached hydrogens (tertiary/aromatic N) is 3. The van der Waals surface area contributed by atoms with Gasteiger partial charge in [-0.3, -0.25) is 9.59 Å². The fourth-order valence-electron chi connectivity index (χ4n) is 4.96. The van der Waals surface area contributed by atoms with Gasteiger partial charge in [0.15, 0.2) is 12.1 Å². The number of esters is 1. The molecule has 218 valence electrons. The van der Waals surface area contributed by atoms with E-state index < -0.39 is 41.5 Å². The number of aromatic nitrogens is 2. The summed E-state index contributed by atoms with van der Waals surface area (Å²) in [6.45, 7) is -0.253. The number of hydrogen-bond donors (Lipinski definition) is 1. The van der Waals surface area contributed by atoms with Gasteiger partial charge >= 0.3 is 12.1 Å². The van der Waals surface area contributed by atoms with E-state index in [1.807, 2.05) is 78.2 Å². The van der Waals surface area contributed by atoms with Gasteiger partial charge in [0, 0.05) is 22.8 Å². The number of β-lactam (4-membered cyclic amide) rings is 1. The second-order valence-corrected chi connectivity index (χ2v) is 11.9. The number of imidazole rings is 1. The minimum atomic E-state index is -1.16. The number of nitrogens with one attached hydrogen (secondary N) is 1.